The summed E-state index contributed by atoms with van der Waals surface area (Å²) < 4.78 is 0. The van der Waals surface area contributed by atoms with Crippen LogP contribution in [0.1, 0.15) is 30.9 Å². The van der Waals surface area contributed by atoms with Gasteiger partial charge in [-0.3, -0.25) is 9.69 Å². The number of likely N-dealkylation sites (tertiary alicyclic amines) is 1. The summed E-state index contributed by atoms with van der Waals surface area (Å²) in [6.45, 7) is 3.96. The summed E-state index contributed by atoms with van der Waals surface area (Å²) in [5, 5.41) is 12.2. The summed E-state index contributed by atoms with van der Waals surface area (Å²) in [5.41, 5.74) is 0.713. The molecule has 1 saturated heterocycles. The first-order valence-corrected chi connectivity index (χ1v) is 9.52. The molecule has 136 valence electrons. The fourth-order valence-electron chi connectivity index (χ4n) is 4.16. The fraction of sp³-hybridized carbons (Fsp3) is 0.381. The van der Waals surface area contributed by atoms with Crippen LogP contribution in [0.3, 0.4) is 0 Å². The Labute approximate surface area is 159 Å². The van der Waals surface area contributed by atoms with Gasteiger partial charge in [-0.1, -0.05) is 54.9 Å². The minimum absolute atomic E-state index is 0.285. The Morgan fingerprint density at radius 3 is 2.69 bits per heavy atom. The van der Waals surface area contributed by atoms with E-state index in [-0.39, 0.29) is 5.91 Å². The summed E-state index contributed by atoms with van der Waals surface area (Å²) >= 11 is 6.31. The van der Waals surface area contributed by atoms with Gasteiger partial charge in [0.1, 0.15) is 0 Å². The molecule has 1 N–H and O–H groups in total. The maximum absolute atomic E-state index is 13.4. The van der Waals surface area contributed by atoms with Gasteiger partial charge < -0.3 is 10.0 Å². The first-order valence-electron chi connectivity index (χ1n) is 9.14. The Balaban J connectivity index is 1.74. The van der Waals surface area contributed by atoms with E-state index >= 15 is 0 Å². The minimum atomic E-state index is -1.59. The molecule has 2 aliphatic heterocycles. The van der Waals surface area contributed by atoms with Crippen molar-refractivity contribution in [3.8, 4) is 0 Å². The van der Waals surface area contributed by atoms with Gasteiger partial charge >= 0.3 is 0 Å². The molecule has 2 aliphatic rings. The number of anilines is 1. The molecule has 0 spiro atoms. The normalized spacial score (nSPS) is 26.2. The molecule has 2 atom stereocenters. The van der Waals surface area contributed by atoms with Gasteiger partial charge in [-0.05, 0) is 36.5 Å². The molecule has 0 saturated carbocycles. The molecule has 2 aromatic rings. The molecule has 5 heteroatoms. The van der Waals surface area contributed by atoms with Crippen LogP contribution < -0.4 is 4.90 Å². The van der Waals surface area contributed by atoms with Gasteiger partial charge in [0.2, 0.25) is 5.72 Å². The number of carbonyl (C=O) groups excluding carboxylic acids is 1. The number of hydrogen-bond acceptors (Lipinski definition) is 3. The van der Waals surface area contributed by atoms with Crippen molar-refractivity contribution in [1.82, 2.24) is 4.90 Å². The number of halogens is 1. The average molecular weight is 371 g/mol. The van der Waals surface area contributed by atoms with E-state index in [1.165, 1.54) is 0 Å². The summed E-state index contributed by atoms with van der Waals surface area (Å²) in [5.74, 6) is 0.179. The number of para-hydroxylation sites is 1. The second kappa shape index (κ2) is 6.69. The van der Waals surface area contributed by atoms with Crippen LogP contribution in [0.5, 0.6) is 0 Å². The second-order valence-corrected chi connectivity index (χ2v) is 7.77. The van der Waals surface area contributed by atoms with Crippen LogP contribution in [-0.2, 0) is 17.1 Å². The highest BCUT2D eigenvalue weighted by molar-refractivity contribution is 6.31. The Kier molecular flexibility index (Phi) is 4.51. The van der Waals surface area contributed by atoms with E-state index in [1.54, 1.807) is 4.90 Å². The monoisotopic (exact) mass is 370 g/mol. The van der Waals surface area contributed by atoms with E-state index in [0.717, 1.165) is 37.2 Å². The maximum atomic E-state index is 13.4. The highest BCUT2D eigenvalue weighted by Gasteiger charge is 2.54. The van der Waals surface area contributed by atoms with E-state index in [9.17, 15) is 9.90 Å². The molecule has 0 aromatic heterocycles. The predicted molar refractivity (Wildman–Crippen MR) is 103 cm³/mol. The van der Waals surface area contributed by atoms with E-state index < -0.39 is 5.72 Å². The predicted octanol–water partition coefficient (Wildman–Crippen LogP) is 3.76. The van der Waals surface area contributed by atoms with Crippen molar-refractivity contribution in [3.63, 3.8) is 0 Å². The molecule has 2 aromatic carbocycles. The smallest absolute Gasteiger partial charge is 0.279 e. The van der Waals surface area contributed by atoms with Crippen molar-refractivity contribution in [1.29, 1.82) is 0 Å². The zero-order valence-electron chi connectivity index (χ0n) is 14.9. The van der Waals surface area contributed by atoms with E-state index in [1.807, 2.05) is 53.4 Å². The van der Waals surface area contributed by atoms with E-state index in [2.05, 4.69) is 6.92 Å². The lowest BCUT2D eigenvalue weighted by Gasteiger charge is -2.40. The average Bonchev–Trinajstić information content (AvgIpc) is 2.87. The summed E-state index contributed by atoms with van der Waals surface area (Å²) in [6.07, 6.45) is 2.12. The van der Waals surface area contributed by atoms with Gasteiger partial charge in [0.15, 0.2) is 0 Å². The van der Waals surface area contributed by atoms with Crippen LogP contribution in [0.4, 0.5) is 5.69 Å². The van der Waals surface area contributed by atoms with Gasteiger partial charge in [0.05, 0.1) is 12.2 Å². The lowest BCUT2D eigenvalue weighted by atomic mass is 9.94. The summed E-state index contributed by atoms with van der Waals surface area (Å²) in [6, 6.07) is 15.1. The molecule has 1 amide bonds. The lowest BCUT2D eigenvalue weighted by Crippen LogP contribution is -2.55. The third kappa shape index (κ3) is 2.73. The van der Waals surface area contributed by atoms with Crippen molar-refractivity contribution in [2.24, 2.45) is 5.92 Å². The first-order chi connectivity index (χ1) is 12.5. The number of fused-ring (bicyclic) bond motifs is 1. The van der Waals surface area contributed by atoms with Crippen LogP contribution in [0.15, 0.2) is 48.5 Å². The molecule has 26 heavy (non-hydrogen) atoms. The number of carbonyl (C=O) groups is 1. The maximum Gasteiger partial charge on any atom is 0.279 e. The largest absolute Gasteiger partial charge is 0.364 e. The molecule has 0 unspecified atom stereocenters. The zero-order chi connectivity index (χ0) is 18.3. The van der Waals surface area contributed by atoms with Gasteiger partial charge in [-0.25, -0.2) is 0 Å². The van der Waals surface area contributed by atoms with Crippen molar-refractivity contribution < 1.29 is 9.90 Å². The molecule has 1 fully saturated rings. The van der Waals surface area contributed by atoms with Crippen LogP contribution in [-0.4, -0.2) is 29.0 Å². The number of rotatable bonds is 3. The SMILES string of the molecule is C[C@H]1CCCN([C@]2(O)C(=O)N(Cc3ccccc3Cl)c3ccccc32)C1. The molecule has 0 bridgehead atoms. The number of piperidine rings is 1. The van der Waals surface area contributed by atoms with E-state index in [4.69, 9.17) is 11.6 Å². The third-order valence-corrected chi connectivity index (χ3v) is 5.88. The van der Waals surface area contributed by atoms with Crippen molar-refractivity contribution in [3.05, 3.63) is 64.7 Å². The van der Waals surface area contributed by atoms with Crippen LogP contribution in [0, 0.1) is 5.92 Å². The number of benzene rings is 2. The Morgan fingerprint density at radius 2 is 1.92 bits per heavy atom. The number of nitrogens with zero attached hydrogens (tertiary/aromatic N) is 2. The lowest BCUT2D eigenvalue weighted by molar-refractivity contribution is -0.165. The Bertz CT molecular complexity index is 840. The van der Waals surface area contributed by atoms with E-state index in [0.29, 0.717) is 23.0 Å². The van der Waals surface area contributed by atoms with Crippen LogP contribution in [0.2, 0.25) is 5.02 Å². The van der Waals surface area contributed by atoms with Crippen molar-refractivity contribution in [2.45, 2.75) is 32.0 Å². The molecule has 0 aliphatic carbocycles. The van der Waals surface area contributed by atoms with Gasteiger partial charge in [0.25, 0.3) is 5.91 Å². The second-order valence-electron chi connectivity index (χ2n) is 7.37. The van der Waals surface area contributed by atoms with Gasteiger partial charge in [-0.15, -0.1) is 0 Å². The number of amides is 1. The molecule has 0 radical (unpaired) electrons. The Hall–Kier alpha value is -1.88. The topological polar surface area (TPSA) is 43.8 Å². The Morgan fingerprint density at radius 1 is 1.19 bits per heavy atom. The van der Waals surface area contributed by atoms with Crippen LogP contribution >= 0.6 is 11.6 Å². The first kappa shape index (κ1) is 17.5. The standard InChI is InChI=1S/C21H23ClN2O2/c1-15-7-6-12-23(13-15)21(26)17-9-3-5-11-19(17)24(20(21)25)14-16-8-2-4-10-18(16)22/h2-5,8-11,15,26H,6-7,12-14H2,1H3/t15-,21+/m0/s1. The number of aliphatic hydroxyl groups is 1. The minimum Gasteiger partial charge on any atom is -0.364 e. The summed E-state index contributed by atoms with van der Waals surface area (Å²) in [4.78, 5) is 17.0. The third-order valence-electron chi connectivity index (χ3n) is 5.51. The molecular weight excluding hydrogens is 348 g/mol. The summed E-state index contributed by atoms with van der Waals surface area (Å²) in [7, 11) is 0. The van der Waals surface area contributed by atoms with Crippen molar-refractivity contribution in [2.75, 3.05) is 18.0 Å². The van der Waals surface area contributed by atoms with Gasteiger partial charge in [-0.2, -0.15) is 0 Å². The highest BCUT2D eigenvalue weighted by Crippen LogP contribution is 2.44. The van der Waals surface area contributed by atoms with Crippen molar-refractivity contribution >= 4 is 23.2 Å². The zero-order valence-corrected chi connectivity index (χ0v) is 15.6. The quantitative estimate of drug-likeness (QED) is 0.894. The van der Waals surface area contributed by atoms with Gasteiger partial charge in [0, 0.05) is 23.7 Å². The molecule has 4 nitrogen and oxygen atoms in total. The molecular formula is C21H23ClN2O2. The fourth-order valence-corrected chi connectivity index (χ4v) is 4.35. The van der Waals surface area contributed by atoms with Crippen LogP contribution in [0.25, 0.3) is 0 Å². The highest BCUT2D eigenvalue weighted by atomic mass is 35.5. The number of hydrogen-bond donors (Lipinski definition) is 1. The molecule has 2 heterocycles. The molecule has 4 rings (SSSR count).